The van der Waals surface area contributed by atoms with Crippen LogP contribution < -0.4 is 0 Å². The third-order valence-electron chi connectivity index (χ3n) is 2.47. The lowest BCUT2D eigenvalue weighted by Gasteiger charge is -2.23. The van der Waals surface area contributed by atoms with Gasteiger partial charge in [0.1, 0.15) is 0 Å². The largest absolute Gasteiger partial charge is 0.297 e. The summed E-state index contributed by atoms with van der Waals surface area (Å²) in [5, 5.41) is 0. The van der Waals surface area contributed by atoms with Gasteiger partial charge in [-0.25, -0.2) is 0 Å². The van der Waals surface area contributed by atoms with Gasteiger partial charge in [0.05, 0.1) is 0 Å². The van der Waals surface area contributed by atoms with Gasteiger partial charge < -0.3 is 0 Å². The molecule has 1 fully saturated rings. The molecular weight excluding hydrogens is 134 g/mol. The monoisotopic (exact) mass is 153 g/mol. The molecule has 0 amide bonds. The molecule has 11 heavy (non-hydrogen) atoms. The van der Waals surface area contributed by atoms with E-state index >= 15 is 0 Å². The molecule has 0 aromatic heterocycles. The molecule has 0 aromatic rings. The molecule has 0 N–H and O–H groups in total. The Morgan fingerprint density at radius 3 is 2.55 bits per heavy atom. The van der Waals surface area contributed by atoms with Crippen LogP contribution in [0.25, 0.3) is 0 Å². The predicted molar refractivity (Wildman–Crippen MR) is 49.7 cm³/mol. The Labute approximate surface area is 70.1 Å². The van der Waals surface area contributed by atoms with Gasteiger partial charge in [0.15, 0.2) is 0 Å². The molecule has 0 saturated carbocycles. The highest BCUT2D eigenvalue weighted by Crippen LogP contribution is 2.15. The lowest BCUT2D eigenvalue weighted by molar-refractivity contribution is 0.271. The molecule has 1 heteroatoms. The first-order chi connectivity index (χ1) is 5.38. The Morgan fingerprint density at radius 1 is 1.45 bits per heavy atom. The minimum absolute atomic E-state index is 0.655. The van der Waals surface area contributed by atoms with Crippen molar-refractivity contribution in [3.8, 4) is 0 Å². The quantitative estimate of drug-likeness (QED) is 0.561. The molecule has 1 saturated heterocycles. The van der Waals surface area contributed by atoms with E-state index in [1.165, 1.54) is 38.8 Å². The molecular formula is C10H19N. The Hall–Kier alpha value is -0.300. The second-order valence-corrected chi connectivity index (χ2v) is 3.33. The van der Waals surface area contributed by atoms with E-state index < -0.39 is 0 Å². The van der Waals surface area contributed by atoms with Gasteiger partial charge >= 0.3 is 0 Å². The van der Waals surface area contributed by atoms with Crippen LogP contribution in [-0.4, -0.2) is 24.0 Å². The van der Waals surface area contributed by atoms with Crippen molar-refractivity contribution in [2.24, 2.45) is 0 Å². The fourth-order valence-corrected chi connectivity index (χ4v) is 1.82. The van der Waals surface area contributed by atoms with Gasteiger partial charge in [0, 0.05) is 6.04 Å². The van der Waals surface area contributed by atoms with Crippen molar-refractivity contribution in [3.05, 3.63) is 12.7 Å². The first kappa shape index (κ1) is 8.79. The summed E-state index contributed by atoms with van der Waals surface area (Å²) in [5.41, 5.74) is 0. The smallest absolute Gasteiger partial charge is 0.0275 e. The minimum Gasteiger partial charge on any atom is -0.297 e. The summed E-state index contributed by atoms with van der Waals surface area (Å²) in [6.45, 7) is 8.70. The van der Waals surface area contributed by atoms with Crippen LogP contribution in [0.4, 0.5) is 0 Å². The van der Waals surface area contributed by atoms with Crippen molar-refractivity contribution >= 4 is 0 Å². The average Bonchev–Trinajstić information content (AvgIpc) is 2.52. The van der Waals surface area contributed by atoms with E-state index in [1.54, 1.807) is 0 Å². The minimum atomic E-state index is 0.655. The highest BCUT2D eigenvalue weighted by Gasteiger charge is 2.17. The van der Waals surface area contributed by atoms with E-state index in [9.17, 15) is 0 Å². The van der Waals surface area contributed by atoms with Gasteiger partial charge in [-0.05, 0) is 32.4 Å². The molecule has 64 valence electrons. The zero-order valence-corrected chi connectivity index (χ0v) is 7.55. The number of rotatable bonds is 4. The average molecular weight is 153 g/mol. The van der Waals surface area contributed by atoms with Crippen LogP contribution in [0.1, 0.15) is 32.6 Å². The van der Waals surface area contributed by atoms with Crippen LogP contribution in [0, 0.1) is 0 Å². The molecule has 0 aromatic carbocycles. The third-order valence-corrected chi connectivity index (χ3v) is 2.47. The Bertz CT molecular complexity index is 114. The lowest BCUT2D eigenvalue weighted by Crippen LogP contribution is -2.30. The molecule has 0 aliphatic carbocycles. The maximum Gasteiger partial charge on any atom is 0.0275 e. The van der Waals surface area contributed by atoms with Crippen LogP contribution >= 0.6 is 0 Å². The topological polar surface area (TPSA) is 3.24 Å². The summed E-state index contributed by atoms with van der Waals surface area (Å²) in [6, 6.07) is 0.655. The molecule has 1 heterocycles. The lowest BCUT2D eigenvalue weighted by atomic mass is 10.1. The second kappa shape index (κ2) is 4.55. The number of hydrogen-bond donors (Lipinski definition) is 0. The second-order valence-electron chi connectivity index (χ2n) is 3.33. The van der Waals surface area contributed by atoms with E-state index in [0.717, 1.165) is 0 Å². The third kappa shape index (κ3) is 2.33. The van der Waals surface area contributed by atoms with Crippen molar-refractivity contribution in [1.82, 2.24) is 4.90 Å². The van der Waals surface area contributed by atoms with Gasteiger partial charge in [0.2, 0.25) is 0 Å². The van der Waals surface area contributed by atoms with Crippen LogP contribution in [0.2, 0.25) is 0 Å². The Kier molecular flexibility index (Phi) is 3.64. The molecule has 0 bridgehead atoms. The number of hydrogen-bond acceptors (Lipinski definition) is 1. The summed E-state index contributed by atoms with van der Waals surface area (Å²) in [7, 11) is 0. The van der Waals surface area contributed by atoms with Crippen molar-refractivity contribution in [3.63, 3.8) is 0 Å². The molecule has 1 rings (SSSR count). The van der Waals surface area contributed by atoms with Gasteiger partial charge in [0.25, 0.3) is 0 Å². The number of likely N-dealkylation sites (tertiary alicyclic amines) is 1. The molecule has 0 spiro atoms. The summed E-state index contributed by atoms with van der Waals surface area (Å²) in [5.74, 6) is 0. The summed E-state index contributed by atoms with van der Waals surface area (Å²) in [4.78, 5) is 2.55. The molecule has 1 nitrogen and oxygen atoms in total. The zero-order valence-electron chi connectivity index (χ0n) is 7.55. The van der Waals surface area contributed by atoms with E-state index in [0.29, 0.717) is 6.04 Å². The summed E-state index contributed by atoms with van der Waals surface area (Å²) in [6.07, 6.45) is 7.42. The maximum atomic E-state index is 3.88. The van der Waals surface area contributed by atoms with E-state index in [2.05, 4.69) is 24.5 Å². The fourth-order valence-electron chi connectivity index (χ4n) is 1.82. The van der Waals surface area contributed by atoms with Gasteiger partial charge in [-0.15, -0.1) is 6.58 Å². The van der Waals surface area contributed by atoms with E-state index in [-0.39, 0.29) is 0 Å². The maximum absolute atomic E-state index is 3.88. The van der Waals surface area contributed by atoms with E-state index in [4.69, 9.17) is 0 Å². The van der Waals surface area contributed by atoms with Crippen LogP contribution in [-0.2, 0) is 0 Å². The highest BCUT2D eigenvalue weighted by atomic mass is 15.2. The van der Waals surface area contributed by atoms with Crippen LogP contribution in [0.5, 0.6) is 0 Å². The van der Waals surface area contributed by atoms with Gasteiger partial charge in [-0.2, -0.15) is 0 Å². The Morgan fingerprint density at radius 2 is 2.09 bits per heavy atom. The first-order valence-electron chi connectivity index (χ1n) is 4.75. The predicted octanol–water partition coefficient (Wildman–Crippen LogP) is 2.44. The fraction of sp³-hybridized carbons (Fsp3) is 0.800. The van der Waals surface area contributed by atoms with Gasteiger partial charge in [-0.3, -0.25) is 4.90 Å². The molecule has 1 aliphatic heterocycles. The van der Waals surface area contributed by atoms with Crippen molar-refractivity contribution in [2.75, 3.05) is 13.1 Å². The van der Waals surface area contributed by atoms with Crippen molar-refractivity contribution in [2.45, 2.75) is 38.6 Å². The van der Waals surface area contributed by atoms with Crippen molar-refractivity contribution < 1.29 is 0 Å². The van der Waals surface area contributed by atoms with Crippen LogP contribution in [0.15, 0.2) is 12.7 Å². The number of nitrogens with zero attached hydrogens (tertiary/aromatic N) is 1. The Balaban J connectivity index is 2.33. The molecule has 1 aliphatic rings. The van der Waals surface area contributed by atoms with Crippen molar-refractivity contribution in [1.29, 1.82) is 0 Å². The summed E-state index contributed by atoms with van der Waals surface area (Å²) >= 11 is 0. The molecule has 1 unspecified atom stereocenters. The molecule has 0 radical (unpaired) electrons. The summed E-state index contributed by atoms with van der Waals surface area (Å²) < 4.78 is 0. The normalized spacial score (nSPS) is 21.9. The SMILES string of the molecule is C=CC(CCC)N1CCCC1. The van der Waals surface area contributed by atoms with Gasteiger partial charge in [-0.1, -0.05) is 19.4 Å². The highest BCUT2D eigenvalue weighted by molar-refractivity contribution is 4.89. The standard InChI is InChI=1S/C10H19N/c1-3-7-10(4-2)11-8-5-6-9-11/h4,10H,2-3,5-9H2,1H3. The van der Waals surface area contributed by atoms with Crippen LogP contribution in [0.3, 0.4) is 0 Å². The molecule has 1 atom stereocenters. The van der Waals surface area contributed by atoms with E-state index in [1.807, 2.05) is 0 Å². The zero-order chi connectivity index (χ0) is 8.10. The first-order valence-corrected chi connectivity index (χ1v) is 4.75.